The Bertz CT molecular complexity index is 187. The van der Waals surface area contributed by atoms with Gasteiger partial charge in [0.15, 0.2) is 0 Å². The Kier molecular flexibility index (Phi) is 2.41. The van der Waals surface area contributed by atoms with Gasteiger partial charge in [0.1, 0.15) is 0 Å². The molecule has 2 fully saturated rings. The molecule has 13 heavy (non-hydrogen) atoms. The first-order valence-electron chi connectivity index (χ1n) is 5.66. The van der Waals surface area contributed by atoms with E-state index in [9.17, 15) is 5.02 Å². The maximum absolute atomic E-state index is 9.75. The van der Waals surface area contributed by atoms with Crippen LogP contribution in [0.2, 0.25) is 6.82 Å². The summed E-state index contributed by atoms with van der Waals surface area (Å²) in [5.74, 6) is 0. The molecule has 0 amide bonds. The molecule has 2 nitrogen and oxygen atoms in total. The second kappa shape index (κ2) is 3.28. The molecular formula is C10H20BNO. The van der Waals surface area contributed by atoms with E-state index in [1.54, 1.807) is 0 Å². The van der Waals surface area contributed by atoms with Crippen molar-refractivity contribution in [3.8, 4) is 0 Å². The topological polar surface area (TPSA) is 23.5 Å². The van der Waals surface area contributed by atoms with Gasteiger partial charge >= 0.3 is 7.05 Å². The number of hydrogen-bond donors (Lipinski definition) is 1. The van der Waals surface area contributed by atoms with Gasteiger partial charge in [0, 0.05) is 11.6 Å². The van der Waals surface area contributed by atoms with E-state index >= 15 is 0 Å². The SMILES string of the molecule is CCCC12CCC(CC1)N2B(C)O. The van der Waals surface area contributed by atoms with Crippen LogP contribution in [0.3, 0.4) is 0 Å². The summed E-state index contributed by atoms with van der Waals surface area (Å²) in [5, 5.41) is 9.75. The lowest BCUT2D eigenvalue weighted by atomic mass is 9.77. The molecule has 3 heteroatoms. The highest BCUT2D eigenvalue weighted by molar-refractivity contribution is 6.45. The monoisotopic (exact) mass is 181 g/mol. The standard InChI is InChI=1S/C10H20BNO/c1-3-6-10-7-4-9(5-8-10)12(10)11(2)13/h9,13H,3-8H2,1-2H3. The number of rotatable bonds is 3. The zero-order valence-electron chi connectivity index (χ0n) is 8.79. The molecule has 0 aromatic heterocycles. The van der Waals surface area contributed by atoms with Gasteiger partial charge in [-0.1, -0.05) is 13.3 Å². The van der Waals surface area contributed by atoms with E-state index in [1.165, 1.54) is 38.5 Å². The molecule has 0 saturated carbocycles. The maximum atomic E-state index is 9.75. The quantitative estimate of drug-likeness (QED) is 0.672. The predicted molar refractivity (Wildman–Crippen MR) is 55.6 cm³/mol. The second-order valence-corrected chi connectivity index (χ2v) is 4.74. The smallest absolute Gasteiger partial charge is 0.377 e. The van der Waals surface area contributed by atoms with Gasteiger partial charge in [-0.05, 0) is 38.9 Å². The Hall–Kier alpha value is -0.0151. The summed E-state index contributed by atoms with van der Waals surface area (Å²) >= 11 is 0. The number of nitrogens with zero attached hydrogens (tertiary/aromatic N) is 1. The van der Waals surface area contributed by atoms with Crippen molar-refractivity contribution < 1.29 is 5.02 Å². The van der Waals surface area contributed by atoms with Gasteiger partial charge in [0.25, 0.3) is 0 Å². The minimum absolute atomic E-state index is 0.235. The largest absolute Gasteiger partial charge is 0.437 e. The molecule has 2 aliphatic rings. The van der Waals surface area contributed by atoms with Crippen LogP contribution in [0.25, 0.3) is 0 Å². The first kappa shape index (κ1) is 9.54. The molecular weight excluding hydrogens is 161 g/mol. The minimum Gasteiger partial charge on any atom is -0.437 e. The summed E-state index contributed by atoms with van der Waals surface area (Å²) in [5.41, 5.74) is 0.383. The van der Waals surface area contributed by atoms with Crippen LogP contribution >= 0.6 is 0 Å². The maximum Gasteiger partial charge on any atom is 0.377 e. The molecule has 2 heterocycles. The lowest BCUT2D eigenvalue weighted by Crippen LogP contribution is -2.49. The van der Waals surface area contributed by atoms with Crippen molar-refractivity contribution in [2.75, 3.05) is 0 Å². The zero-order valence-corrected chi connectivity index (χ0v) is 8.79. The Morgan fingerprint density at radius 3 is 2.54 bits per heavy atom. The van der Waals surface area contributed by atoms with Crippen molar-refractivity contribution in [2.45, 2.75) is 63.9 Å². The van der Waals surface area contributed by atoms with E-state index in [2.05, 4.69) is 11.7 Å². The Labute approximate surface area is 81.4 Å². The van der Waals surface area contributed by atoms with Crippen molar-refractivity contribution in [1.29, 1.82) is 0 Å². The molecule has 2 aliphatic heterocycles. The molecule has 1 N–H and O–H groups in total. The lowest BCUT2D eigenvalue weighted by Gasteiger charge is -2.35. The fourth-order valence-electron chi connectivity index (χ4n) is 3.61. The van der Waals surface area contributed by atoms with Gasteiger partial charge in [0.2, 0.25) is 0 Å². The van der Waals surface area contributed by atoms with Crippen LogP contribution in [-0.2, 0) is 0 Å². The highest BCUT2D eigenvalue weighted by Gasteiger charge is 2.52. The Morgan fingerprint density at radius 1 is 1.46 bits per heavy atom. The summed E-state index contributed by atoms with van der Waals surface area (Å²) < 4.78 is 0. The van der Waals surface area contributed by atoms with E-state index in [0.29, 0.717) is 11.6 Å². The van der Waals surface area contributed by atoms with Gasteiger partial charge in [-0.2, -0.15) is 0 Å². The molecule has 2 saturated heterocycles. The van der Waals surface area contributed by atoms with Gasteiger partial charge in [-0.25, -0.2) is 0 Å². The molecule has 0 radical (unpaired) electrons. The predicted octanol–water partition coefficient (Wildman–Crippen LogP) is 1.89. The van der Waals surface area contributed by atoms with Gasteiger partial charge in [0.05, 0.1) is 0 Å². The van der Waals surface area contributed by atoms with E-state index in [0.717, 1.165) is 0 Å². The normalized spacial score (nSPS) is 38.5. The Balaban J connectivity index is 2.16. The van der Waals surface area contributed by atoms with E-state index < -0.39 is 0 Å². The minimum atomic E-state index is -0.235. The second-order valence-electron chi connectivity index (χ2n) is 4.74. The summed E-state index contributed by atoms with van der Waals surface area (Å²) in [6, 6.07) is 0.687. The van der Waals surface area contributed by atoms with Crippen LogP contribution in [0.5, 0.6) is 0 Å². The van der Waals surface area contributed by atoms with Crippen LogP contribution in [0.15, 0.2) is 0 Å². The van der Waals surface area contributed by atoms with Crippen molar-refractivity contribution in [3.63, 3.8) is 0 Å². The lowest BCUT2D eigenvalue weighted by molar-refractivity contribution is 0.218. The molecule has 0 atom stereocenters. The highest BCUT2D eigenvalue weighted by Crippen LogP contribution is 2.48. The fourth-order valence-corrected chi connectivity index (χ4v) is 3.61. The molecule has 0 aliphatic carbocycles. The third kappa shape index (κ3) is 1.33. The summed E-state index contributed by atoms with van der Waals surface area (Å²) in [4.78, 5) is 2.39. The molecule has 0 unspecified atom stereocenters. The Morgan fingerprint density at radius 2 is 2.08 bits per heavy atom. The van der Waals surface area contributed by atoms with Crippen LogP contribution in [0.1, 0.15) is 45.4 Å². The molecule has 74 valence electrons. The fraction of sp³-hybridized carbons (Fsp3) is 1.00. The van der Waals surface area contributed by atoms with Crippen LogP contribution in [0.4, 0.5) is 0 Å². The van der Waals surface area contributed by atoms with Crippen LogP contribution in [-0.4, -0.2) is 28.5 Å². The molecule has 0 aromatic rings. The molecule has 0 aromatic carbocycles. The van der Waals surface area contributed by atoms with Crippen LogP contribution in [0, 0.1) is 0 Å². The first-order chi connectivity index (χ1) is 6.19. The summed E-state index contributed by atoms with van der Waals surface area (Å²) in [6.07, 6.45) is 7.77. The number of hydrogen-bond acceptors (Lipinski definition) is 2. The highest BCUT2D eigenvalue weighted by atomic mass is 16.2. The third-order valence-electron chi connectivity index (χ3n) is 3.94. The van der Waals surface area contributed by atoms with E-state index in [4.69, 9.17) is 0 Å². The van der Waals surface area contributed by atoms with Gasteiger partial charge < -0.3 is 9.83 Å². The average Bonchev–Trinajstić information content (AvgIpc) is 2.58. The van der Waals surface area contributed by atoms with E-state index in [1.807, 2.05) is 6.82 Å². The third-order valence-corrected chi connectivity index (χ3v) is 3.94. The van der Waals surface area contributed by atoms with Gasteiger partial charge in [-0.3, -0.25) is 0 Å². The number of fused-ring (bicyclic) bond motifs is 2. The average molecular weight is 181 g/mol. The summed E-state index contributed by atoms with van der Waals surface area (Å²) in [6.45, 7) is 4.18. The van der Waals surface area contributed by atoms with Gasteiger partial charge in [-0.15, -0.1) is 0 Å². The zero-order chi connectivity index (χ0) is 9.47. The van der Waals surface area contributed by atoms with Crippen molar-refractivity contribution in [2.24, 2.45) is 0 Å². The first-order valence-corrected chi connectivity index (χ1v) is 5.66. The molecule has 0 spiro atoms. The van der Waals surface area contributed by atoms with Crippen molar-refractivity contribution >= 4 is 7.05 Å². The van der Waals surface area contributed by atoms with Crippen molar-refractivity contribution in [1.82, 2.24) is 4.81 Å². The molecule has 2 rings (SSSR count). The van der Waals surface area contributed by atoms with Crippen molar-refractivity contribution in [3.05, 3.63) is 0 Å². The summed E-state index contributed by atoms with van der Waals surface area (Å²) in [7, 11) is -0.235. The van der Waals surface area contributed by atoms with E-state index in [-0.39, 0.29) is 7.05 Å². The van der Waals surface area contributed by atoms with Crippen LogP contribution < -0.4 is 0 Å². The molecule has 2 bridgehead atoms.